The van der Waals surface area contributed by atoms with Gasteiger partial charge in [-0.25, -0.2) is 13.2 Å². The molecule has 7 nitrogen and oxygen atoms in total. The van der Waals surface area contributed by atoms with Crippen molar-refractivity contribution in [2.24, 2.45) is 0 Å². The molecule has 0 aliphatic carbocycles. The minimum absolute atomic E-state index is 0.0400. The Hall–Kier alpha value is -2.45. The first-order chi connectivity index (χ1) is 12.4. The van der Waals surface area contributed by atoms with Gasteiger partial charge in [0.1, 0.15) is 11.5 Å². The van der Waals surface area contributed by atoms with E-state index in [1.807, 2.05) is 6.92 Å². The molecule has 0 spiro atoms. The van der Waals surface area contributed by atoms with Crippen molar-refractivity contribution in [2.45, 2.75) is 11.8 Å². The van der Waals surface area contributed by atoms with Crippen LogP contribution < -0.4 is 14.2 Å². The van der Waals surface area contributed by atoms with Gasteiger partial charge < -0.3 is 14.2 Å². The van der Waals surface area contributed by atoms with Gasteiger partial charge >= 0.3 is 5.97 Å². The topological polar surface area (TPSA) is 90.9 Å². The lowest BCUT2D eigenvalue weighted by molar-refractivity contribution is -0.142. The summed E-state index contributed by atoms with van der Waals surface area (Å²) < 4.78 is 42.3. The van der Waals surface area contributed by atoms with Gasteiger partial charge in [-0.15, -0.1) is 0 Å². The van der Waals surface area contributed by atoms with Crippen molar-refractivity contribution in [1.82, 2.24) is 0 Å². The number of carbonyl (C=O) groups excluding carboxylic acids is 1. The molecule has 2 aromatic rings. The summed E-state index contributed by atoms with van der Waals surface area (Å²) in [5, 5.41) is 0.0588. The van der Waals surface area contributed by atoms with Crippen LogP contribution in [0.15, 0.2) is 47.4 Å². The van der Waals surface area contributed by atoms with Gasteiger partial charge in [0.15, 0.2) is 6.61 Å². The minimum atomic E-state index is -3.84. The molecule has 0 aromatic heterocycles. The molecule has 0 unspecified atom stereocenters. The Balaban J connectivity index is 2.13. The lowest BCUT2D eigenvalue weighted by Gasteiger charge is -2.11. The maximum atomic E-state index is 12.5. The zero-order valence-electron chi connectivity index (χ0n) is 14.2. The molecule has 140 valence electrons. The number of hydrogen-bond acceptors (Lipinski definition) is 6. The zero-order valence-corrected chi connectivity index (χ0v) is 15.8. The number of ether oxygens (including phenoxy) is 3. The molecule has 2 aromatic carbocycles. The molecule has 0 aliphatic heterocycles. The molecular weight excluding hydrogens is 382 g/mol. The Kier molecular flexibility index (Phi) is 6.70. The summed E-state index contributed by atoms with van der Waals surface area (Å²) in [5.41, 5.74) is 0.385. The fraction of sp³-hybridized carbons (Fsp3) is 0.235. The normalized spacial score (nSPS) is 10.9. The van der Waals surface area contributed by atoms with E-state index in [1.54, 1.807) is 24.3 Å². The molecule has 0 fully saturated rings. The number of carbonyl (C=O) groups is 1. The number of benzene rings is 2. The number of nitrogens with one attached hydrogen (secondary N) is 1. The third-order valence-corrected chi connectivity index (χ3v) is 4.88. The van der Waals surface area contributed by atoms with E-state index in [1.165, 1.54) is 25.3 Å². The largest absolute Gasteiger partial charge is 0.494 e. The predicted molar refractivity (Wildman–Crippen MR) is 97.4 cm³/mol. The predicted octanol–water partition coefficient (Wildman–Crippen LogP) is 3.09. The second-order valence-corrected chi connectivity index (χ2v) is 7.11. The molecule has 9 heteroatoms. The molecule has 0 bridgehead atoms. The molecule has 2 rings (SSSR count). The summed E-state index contributed by atoms with van der Waals surface area (Å²) in [7, 11) is -2.60. The highest BCUT2D eigenvalue weighted by Crippen LogP contribution is 2.28. The van der Waals surface area contributed by atoms with Gasteiger partial charge in [-0.3, -0.25) is 4.72 Å². The number of hydrogen-bond donors (Lipinski definition) is 1. The Bertz CT molecular complexity index is 867. The Morgan fingerprint density at radius 2 is 1.81 bits per heavy atom. The molecular formula is C17H18ClNO6S. The molecule has 0 amide bonds. The van der Waals surface area contributed by atoms with E-state index in [0.717, 1.165) is 0 Å². The molecule has 0 radical (unpaired) electrons. The standard InChI is InChI=1S/C17H18ClNO6S/c1-3-24-13-6-4-12(5-7-13)19-26(21,22)14-8-9-16(15(18)10-14)25-11-17(20)23-2/h4-10,19H,3,11H2,1-2H3. The molecule has 0 aliphatic rings. The van der Waals surface area contributed by atoms with E-state index in [9.17, 15) is 13.2 Å². The van der Waals surface area contributed by atoms with Crippen molar-refractivity contribution in [3.63, 3.8) is 0 Å². The first-order valence-electron chi connectivity index (χ1n) is 7.60. The fourth-order valence-corrected chi connectivity index (χ4v) is 3.35. The van der Waals surface area contributed by atoms with Crippen LogP contribution in [0.4, 0.5) is 5.69 Å². The monoisotopic (exact) mass is 399 g/mol. The summed E-state index contributed by atoms with van der Waals surface area (Å²) in [6.07, 6.45) is 0. The molecule has 0 atom stereocenters. The van der Waals surface area contributed by atoms with Crippen molar-refractivity contribution >= 4 is 33.3 Å². The van der Waals surface area contributed by atoms with Gasteiger partial charge in [0.05, 0.1) is 23.6 Å². The van der Waals surface area contributed by atoms with Gasteiger partial charge in [0, 0.05) is 5.69 Å². The molecule has 0 heterocycles. The highest BCUT2D eigenvalue weighted by molar-refractivity contribution is 7.92. The summed E-state index contributed by atoms with van der Waals surface area (Å²) in [4.78, 5) is 11.0. The van der Waals surface area contributed by atoms with Crippen molar-refractivity contribution in [3.05, 3.63) is 47.5 Å². The smallest absolute Gasteiger partial charge is 0.343 e. The van der Waals surface area contributed by atoms with Gasteiger partial charge in [-0.2, -0.15) is 0 Å². The van der Waals surface area contributed by atoms with Crippen LogP contribution in [0.5, 0.6) is 11.5 Å². The van der Waals surface area contributed by atoms with Gasteiger partial charge in [0.25, 0.3) is 10.0 Å². The van der Waals surface area contributed by atoms with Crippen LogP contribution in [0.1, 0.15) is 6.92 Å². The minimum Gasteiger partial charge on any atom is -0.494 e. The first kappa shape index (κ1) is 19.9. The number of esters is 1. The van der Waals surface area contributed by atoms with Crippen molar-refractivity contribution < 1.29 is 27.4 Å². The summed E-state index contributed by atoms with van der Waals surface area (Å²) in [6.45, 7) is 2.06. The molecule has 0 saturated heterocycles. The number of rotatable bonds is 8. The number of methoxy groups -OCH3 is 1. The first-order valence-corrected chi connectivity index (χ1v) is 9.46. The summed E-state index contributed by atoms with van der Waals surface area (Å²) in [6, 6.07) is 10.5. The third-order valence-electron chi connectivity index (χ3n) is 3.20. The van der Waals surface area contributed by atoms with Crippen molar-refractivity contribution in [2.75, 3.05) is 25.0 Å². The van der Waals surface area contributed by atoms with Crippen molar-refractivity contribution in [1.29, 1.82) is 0 Å². The maximum Gasteiger partial charge on any atom is 0.343 e. The van der Waals surface area contributed by atoms with Crippen LogP contribution in [0.2, 0.25) is 5.02 Å². The lowest BCUT2D eigenvalue weighted by atomic mass is 10.3. The second kappa shape index (κ2) is 8.77. The van der Waals surface area contributed by atoms with E-state index in [2.05, 4.69) is 9.46 Å². The molecule has 0 saturated carbocycles. The van der Waals surface area contributed by atoms with E-state index >= 15 is 0 Å². The Labute approximate surface area is 156 Å². The molecule has 1 N–H and O–H groups in total. The highest BCUT2D eigenvalue weighted by Gasteiger charge is 2.17. The highest BCUT2D eigenvalue weighted by atomic mass is 35.5. The summed E-state index contributed by atoms with van der Waals surface area (Å²) >= 11 is 6.03. The van der Waals surface area contributed by atoms with Crippen LogP contribution in [-0.2, 0) is 19.6 Å². The van der Waals surface area contributed by atoms with E-state index < -0.39 is 16.0 Å². The van der Waals surface area contributed by atoms with E-state index in [-0.39, 0.29) is 22.3 Å². The second-order valence-electron chi connectivity index (χ2n) is 5.02. The van der Waals surface area contributed by atoms with Crippen LogP contribution in [0.25, 0.3) is 0 Å². The average molecular weight is 400 g/mol. The third kappa shape index (κ3) is 5.27. The quantitative estimate of drug-likeness (QED) is 0.686. The maximum absolute atomic E-state index is 12.5. The average Bonchev–Trinajstić information content (AvgIpc) is 2.62. The van der Waals surface area contributed by atoms with Crippen LogP contribution in [0, 0.1) is 0 Å². The van der Waals surface area contributed by atoms with Gasteiger partial charge in [-0.1, -0.05) is 11.6 Å². The Morgan fingerprint density at radius 3 is 2.38 bits per heavy atom. The number of halogens is 1. The van der Waals surface area contributed by atoms with E-state index in [0.29, 0.717) is 18.0 Å². The lowest BCUT2D eigenvalue weighted by Crippen LogP contribution is -2.14. The summed E-state index contributed by atoms with van der Waals surface area (Å²) in [5.74, 6) is 0.248. The fourth-order valence-electron chi connectivity index (χ4n) is 1.96. The van der Waals surface area contributed by atoms with Gasteiger partial charge in [0.2, 0.25) is 0 Å². The number of anilines is 1. The van der Waals surface area contributed by atoms with Crippen LogP contribution in [0.3, 0.4) is 0 Å². The van der Waals surface area contributed by atoms with Crippen LogP contribution >= 0.6 is 11.6 Å². The zero-order chi connectivity index (χ0) is 19.2. The molecule has 26 heavy (non-hydrogen) atoms. The Morgan fingerprint density at radius 1 is 1.12 bits per heavy atom. The van der Waals surface area contributed by atoms with Crippen molar-refractivity contribution in [3.8, 4) is 11.5 Å². The number of sulfonamides is 1. The van der Waals surface area contributed by atoms with Crippen LogP contribution in [-0.4, -0.2) is 34.7 Å². The SMILES string of the molecule is CCOc1ccc(NS(=O)(=O)c2ccc(OCC(=O)OC)c(Cl)c2)cc1. The van der Waals surface area contributed by atoms with Gasteiger partial charge in [-0.05, 0) is 49.4 Å². The van der Waals surface area contributed by atoms with E-state index in [4.69, 9.17) is 21.1 Å².